The van der Waals surface area contributed by atoms with Gasteiger partial charge in [-0.15, -0.1) is 0 Å². The third-order valence-corrected chi connectivity index (χ3v) is 5.49. The Bertz CT molecular complexity index is 1020. The highest BCUT2D eigenvalue weighted by Gasteiger charge is 2.41. The molecule has 0 spiro atoms. The van der Waals surface area contributed by atoms with Crippen LogP contribution in [0.4, 0.5) is 0 Å². The van der Waals surface area contributed by atoms with E-state index in [4.69, 9.17) is 33.3 Å². The fourth-order valence-corrected chi connectivity index (χ4v) is 4.13. The van der Waals surface area contributed by atoms with E-state index in [-0.39, 0.29) is 9.23 Å². The lowest BCUT2D eigenvalue weighted by atomic mass is 10.2. The van der Waals surface area contributed by atoms with Gasteiger partial charge in [-0.25, -0.2) is 4.79 Å². The number of hydrogen-bond acceptors (Lipinski definition) is 6. The zero-order valence-corrected chi connectivity index (χ0v) is 16.4. The van der Waals surface area contributed by atoms with E-state index >= 15 is 0 Å². The van der Waals surface area contributed by atoms with Crippen molar-refractivity contribution in [3.63, 3.8) is 0 Å². The summed E-state index contributed by atoms with van der Waals surface area (Å²) in [5.41, 5.74) is 0.684. The molecule has 1 amide bonds. The molecule has 1 aliphatic heterocycles. The highest BCUT2D eigenvalue weighted by molar-refractivity contribution is 8.26. The lowest BCUT2D eigenvalue weighted by Gasteiger charge is -2.21. The average Bonchev–Trinajstić information content (AvgIpc) is 3.18. The van der Waals surface area contributed by atoms with Crippen molar-refractivity contribution in [3.8, 4) is 11.3 Å². The Morgan fingerprint density at radius 1 is 1.25 bits per heavy atom. The molecule has 10 heteroatoms. The van der Waals surface area contributed by atoms with Crippen molar-refractivity contribution in [1.82, 2.24) is 4.90 Å². The van der Waals surface area contributed by atoms with E-state index in [1.54, 1.807) is 30.3 Å². The molecule has 0 aliphatic carbocycles. The van der Waals surface area contributed by atoms with Crippen molar-refractivity contribution in [2.24, 2.45) is 0 Å². The van der Waals surface area contributed by atoms with Gasteiger partial charge in [0.1, 0.15) is 21.9 Å². The van der Waals surface area contributed by atoms with Crippen LogP contribution in [0.3, 0.4) is 0 Å². The second-order valence-corrected chi connectivity index (χ2v) is 7.77. The number of hydrogen-bond donors (Lipinski definition) is 2. The van der Waals surface area contributed by atoms with Gasteiger partial charge in [-0.3, -0.25) is 14.5 Å². The van der Waals surface area contributed by atoms with Gasteiger partial charge >= 0.3 is 11.9 Å². The lowest BCUT2D eigenvalue weighted by Crippen LogP contribution is -2.45. The van der Waals surface area contributed by atoms with Crippen molar-refractivity contribution < 1.29 is 29.0 Å². The summed E-state index contributed by atoms with van der Waals surface area (Å²) < 4.78 is 5.68. The lowest BCUT2D eigenvalue weighted by molar-refractivity contribution is -0.150. The molecule has 0 bridgehead atoms. The summed E-state index contributed by atoms with van der Waals surface area (Å²) in [6, 6.07) is 8.85. The molecule has 0 saturated carbocycles. The second kappa shape index (κ2) is 8.17. The molecule has 1 fully saturated rings. The van der Waals surface area contributed by atoms with Gasteiger partial charge in [0.2, 0.25) is 0 Å². The molecule has 7 nitrogen and oxygen atoms in total. The Balaban J connectivity index is 1.87. The average molecular weight is 438 g/mol. The molecule has 1 aliphatic rings. The monoisotopic (exact) mass is 437 g/mol. The Morgan fingerprint density at radius 3 is 2.61 bits per heavy atom. The molecule has 1 saturated heterocycles. The van der Waals surface area contributed by atoms with Gasteiger partial charge in [0.15, 0.2) is 0 Å². The first-order valence-electron chi connectivity index (χ1n) is 7.84. The Morgan fingerprint density at radius 2 is 1.96 bits per heavy atom. The Labute approximate surface area is 173 Å². The number of furan rings is 1. The smallest absolute Gasteiger partial charge is 0.327 e. The summed E-state index contributed by atoms with van der Waals surface area (Å²) in [4.78, 5) is 35.9. The SMILES string of the molecule is O=C(O)CC(C(=O)O)N1C(=O)/C(=C\c2ccc(-c3ccccc3Cl)o2)SC1=S. The van der Waals surface area contributed by atoms with Crippen molar-refractivity contribution in [3.05, 3.63) is 52.1 Å². The summed E-state index contributed by atoms with van der Waals surface area (Å²) in [5, 5.41) is 18.7. The molecule has 2 heterocycles. The molecule has 1 aromatic carbocycles. The van der Waals surface area contributed by atoms with Crippen molar-refractivity contribution in [2.45, 2.75) is 12.5 Å². The van der Waals surface area contributed by atoms with Gasteiger partial charge in [-0.1, -0.05) is 47.7 Å². The number of carbonyl (C=O) groups excluding carboxylic acids is 1. The number of thiocarbonyl (C=S) groups is 1. The summed E-state index contributed by atoms with van der Waals surface area (Å²) >= 11 is 12.1. The summed E-state index contributed by atoms with van der Waals surface area (Å²) in [6.45, 7) is 0. The molecule has 2 N–H and O–H groups in total. The van der Waals surface area contributed by atoms with Crippen LogP contribution >= 0.6 is 35.6 Å². The number of nitrogens with zero attached hydrogens (tertiary/aromatic N) is 1. The highest BCUT2D eigenvalue weighted by atomic mass is 35.5. The Hall–Kier alpha value is -2.62. The largest absolute Gasteiger partial charge is 0.481 e. The molecular formula is C18H12ClNO6S2. The number of amides is 1. The topological polar surface area (TPSA) is 108 Å². The number of benzene rings is 1. The second-order valence-electron chi connectivity index (χ2n) is 5.69. The maximum absolute atomic E-state index is 12.6. The predicted octanol–water partition coefficient (Wildman–Crippen LogP) is 3.73. The summed E-state index contributed by atoms with van der Waals surface area (Å²) in [7, 11) is 0. The van der Waals surface area contributed by atoms with E-state index in [0.717, 1.165) is 16.7 Å². The van der Waals surface area contributed by atoms with Gasteiger partial charge in [0.05, 0.1) is 16.3 Å². The minimum absolute atomic E-state index is 0.0252. The minimum atomic E-state index is -1.58. The quantitative estimate of drug-likeness (QED) is 0.520. The molecule has 0 radical (unpaired) electrons. The normalized spacial score (nSPS) is 16.6. The van der Waals surface area contributed by atoms with Gasteiger partial charge in [0, 0.05) is 11.6 Å². The number of rotatable bonds is 6. The Kier molecular flexibility index (Phi) is 5.87. The number of thioether (sulfide) groups is 1. The van der Waals surface area contributed by atoms with E-state index in [1.165, 1.54) is 6.08 Å². The van der Waals surface area contributed by atoms with Crippen molar-refractivity contribution in [1.29, 1.82) is 0 Å². The molecular weight excluding hydrogens is 426 g/mol. The number of halogens is 1. The maximum Gasteiger partial charge on any atom is 0.327 e. The molecule has 2 aromatic rings. The van der Waals surface area contributed by atoms with Crippen molar-refractivity contribution in [2.75, 3.05) is 0 Å². The van der Waals surface area contributed by atoms with Gasteiger partial charge in [-0.05, 0) is 24.3 Å². The molecule has 1 atom stereocenters. The molecule has 3 rings (SSSR count). The van der Waals surface area contributed by atoms with Crippen LogP contribution < -0.4 is 0 Å². The highest BCUT2D eigenvalue weighted by Crippen LogP contribution is 2.36. The number of carbonyl (C=O) groups is 3. The van der Waals surface area contributed by atoms with Crippen LogP contribution in [0.5, 0.6) is 0 Å². The van der Waals surface area contributed by atoms with Crippen LogP contribution in [0.2, 0.25) is 5.02 Å². The van der Waals surface area contributed by atoms with Crippen LogP contribution in [0.15, 0.2) is 45.7 Å². The molecule has 1 aromatic heterocycles. The van der Waals surface area contributed by atoms with Crippen LogP contribution in [0.25, 0.3) is 17.4 Å². The first-order chi connectivity index (χ1) is 13.3. The molecule has 144 valence electrons. The maximum atomic E-state index is 12.6. The molecule has 28 heavy (non-hydrogen) atoms. The number of carboxylic acid groups (broad SMARTS) is 2. The van der Waals surface area contributed by atoms with Crippen LogP contribution in [-0.2, 0) is 14.4 Å². The fraction of sp³-hybridized carbons (Fsp3) is 0.111. The van der Waals surface area contributed by atoms with Crippen molar-refractivity contribution >= 4 is 63.8 Å². The van der Waals surface area contributed by atoms with Crippen LogP contribution in [0.1, 0.15) is 12.2 Å². The standard InChI is InChI=1S/C18H12ClNO6S2/c19-11-4-2-1-3-10(11)13-6-5-9(26-13)7-14-16(23)20(18(27)28-14)12(17(24)25)8-15(21)22/h1-7,12H,8H2,(H,21,22)(H,24,25)/b14-7+. The zero-order chi connectivity index (χ0) is 20.4. The van der Waals surface area contributed by atoms with E-state index < -0.39 is 30.3 Å². The first kappa shape index (κ1) is 20.1. The van der Waals surface area contributed by atoms with E-state index in [1.807, 2.05) is 6.07 Å². The fourth-order valence-electron chi connectivity index (χ4n) is 2.57. The number of aliphatic carboxylic acids is 2. The van der Waals surface area contributed by atoms with E-state index in [0.29, 0.717) is 22.1 Å². The minimum Gasteiger partial charge on any atom is -0.481 e. The first-order valence-corrected chi connectivity index (χ1v) is 9.44. The van der Waals surface area contributed by atoms with Crippen LogP contribution in [-0.4, -0.2) is 43.3 Å². The zero-order valence-electron chi connectivity index (χ0n) is 14.0. The van der Waals surface area contributed by atoms with Gasteiger partial charge in [0.25, 0.3) is 5.91 Å². The number of carboxylic acids is 2. The van der Waals surface area contributed by atoms with Gasteiger partial charge in [-0.2, -0.15) is 0 Å². The summed E-state index contributed by atoms with van der Waals surface area (Å²) in [5.74, 6) is -2.62. The third kappa shape index (κ3) is 4.11. The van der Waals surface area contributed by atoms with Crippen LogP contribution in [0, 0.1) is 0 Å². The van der Waals surface area contributed by atoms with E-state index in [9.17, 15) is 19.5 Å². The molecule has 1 unspecified atom stereocenters. The third-order valence-electron chi connectivity index (χ3n) is 3.83. The van der Waals surface area contributed by atoms with E-state index in [2.05, 4.69) is 0 Å². The predicted molar refractivity (Wildman–Crippen MR) is 108 cm³/mol. The summed E-state index contributed by atoms with van der Waals surface area (Å²) in [6.07, 6.45) is 0.672. The van der Waals surface area contributed by atoms with Gasteiger partial charge < -0.3 is 14.6 Å².